The first-order chi connectivity index (χ1) is 12.3. The van der Waals surface area contributed by atoms with Crippen LogP contribution in [-0.4, -0.2) is 42.5 Å². The number of rotatable bonds is 9. The van der Waals surface area contributed by atoms with Crippen molar-refractivity contribution in [2.45, 2.75) is 19.4 Å². The van der Waals surface area contributed by atoms with Gasteiger partial charge in [-0.05, 0) is 36.6 Å². The first-order valence-corrected chi connectivity index (χ1v) is 8.39. The molecule has 0 saturated heterocycles. The lowest BCUT2D eigenvalue weighted by Gasteiger charge is -2.12. The van der Waals surface area contributed by atoms with Crippen LogP contribution in [0.25, 0.3) is 0 Å². The number of terminal acetylenes is 1. The van der Waals surface area contributed by atoms with Crippen LogP contribution >= 0.6 is 24.0 Å². The molecule has 0 aliphatic heterocycles. The number of halogens is 1. The molecule has 0 fully saturated rings. The number of guanidine groups is 1. The molecule has 7 heteroatoms. The Balaban J connectivity index is 0.00000338. The van der Waals surface area contributed by atoms with Gasteiger partial charge in [0, 0.05) is 39.1 Å². The molecule has 0 saturated carbocycles. The molecule has 0 radical (unpaired) electrons. The number of aliphatic imine (C=N–C) groups is 1. The SMILES string of the molecule is C#CCOc1ccc(CCNC(=NC)NCCCn2cccn2)cc1.I. The molecule has 0 bridgehead atoms. The summed E-state index contributed by atoms with van der Waals surface area (Å²) in [6.07, 6.45) is 10.8. The van der Waals surface area contributed by atoms with Gasteiger partial charge in [0.15, 0.2) is 5.96 Å². The van der Waals surface area contributed by atoms with E-state index in [1.165, 1.54) is 5.56 Å². The maximum absolute atomic E-state index is 5.36. The molecular weight excluding hydrogens is 441 g/mol. The second-order valence-electron chi connectivity index (χ2n) is 5.44. The smallest absolute Gasteiger partial charge is 0.190 e. The summed E-state index contributed by atoms with van der Waals surface area (Å²) in [5.41, 5.74) is 1.23. The number of ether oxygens (including phenoxy) is 1. The molecule has 1 aromatic carbocycles. The molecule has 2 aromatic rings. The lowest BCUT2D eigenvalue weighted by Crippen LogP contribution is -2.39. The van der Waals surface area contributed by atoms with E-state index in [-0.39, 0.29) is 24.0 Å². The number of hydrogen-bond donors (Lipinski definition) is 2. The van der Waals surface area contributed by atoms with Crippen LogP contribution in [0.15, 0.2) is 47.7 Å². The fourth-order valence-corrected chi connectivity index (χ4v) is 2.30. The summed E-state index contributed by atoms with van der Waals surface area (Å²) < 4.78 is 7.29. The van der Waals surface area contributed by atoms with Gasteiger partial charge in [0.25, 0.3) is 0 Å². The highest BCUT2D eigenvalue weighted by Gasteiger charge is 1.99. The molecule has 1 aromatic heterocycles. The van der Waals surface area contributed by atoms with Crippen molar-refractivity contribution in [2.75, 3.05) is 26.7 Å². The van der Waals surface area contributed by atoms with E-state index in [9.17, 15) is 0 Å². The lowest BCUT2D eigenvalue weighted by atomic mass is 10.1. The Morgan fingerprint density at radius 3 is 2.69 bits per heavy atom. The second kappa shape index (κ2) is 13.1. The normalized spacial score (nSPS) is 10.5. The number of hydrogen-bond acceptors (Lipinski definition) is 3. The summed E-state index contributed by atoms with van der Waals surface area (Å²) in [6.45, 7) is 2.85. The minimum absolute atomic E-state index is 0. The molecule has 140 valence electrons. The van der Waals surface area contributed by atoms with Crippen LogP contribution in [0, 0.1) is 12.3 Å². The number of nitrogens with one attached hydrogen (secondary N) is 2. The van der Waals surface area contributed by atoms with E-state index in [1.807, 2.05) is 41.2 Å². The van der Waals surface area contributed by atoms with Crippen molar-refractivity contribution in [1.29, 1.82) is 0 Å². The topological polar surface area (TPSA) is 63.5 Å². The van der Waals surface area contributed by atoms with E-state index in [0.29, 0.717) is 6.61 Å². The predicted molar refractivity (Wildman–Crippen MR) is 116 cm³/mol. The molecule has 0 aliphatic rings. The van der Waals surface area contributed by atoms with E-state index in [0.717, 1.165) is 44.2 Å². The standard InChI is InChI=1S/C19H25N5O.HI/c1-3-16-25-18-8-6-17(7-9-18)10-13-22-19(20-2)21-11-4-14-24-15-5-12-23-24;/h1,5-9,12,15H,4,10-11,13-14,16H2,2H3,(H2,20,21,22);1H. The number of aromatic nitrogens is 2. The van der Waals surface area contributed by atoms with Gasteiger partial charge in [0.2, 0.25) is 0 Å². The van der Waals surface area contributed by atoms with Gasteiger partial charge in [-0.3, -0.25) is 9.67 Å². The second-order valence-corrected chi connectivity index (χ2v) is 5.44. The van der Waals surface area contributed by atoms with Crippen molar-refractivity contribution in [3.8, 4) is 18.1 Å². The maximum atomic E-state index is 5.36. The van der Waals surface area contributed by atoms with E-state index in [1.54, 1.807) is 13.2 Å². The highest BCUT2D eigenvalue weighted by atomic mass is 127. The Morgan fingerprint density at radius 1 is 1.27 bits per heavy atom. The predicted octanol–water partition coefficient (Wildman–Crippen LogP) is 2.31. The number of nitrogens with zero attached hydrogens (tertiary/aromatic N) is 3. The molecule has 0 aliphatic carbocycles. The van der Waals surface area contributed by atoms with Gasteiger partial charge in [0.1, 0.15) is 12.4 Å². The first kappa shape index (κ1) is 21.8. The molecule has 2 rings (SSSR count). The van der Waals surface area contributed by atoms with Gasteiger partial charge in [0.05, 0.1) is 0 Å². The van der Waals surface area contributed by atoms with Crippen molar-refractivity contribution in [2.24, 2.45) is 4.99 Å². The van der Waals surface area contributed by atoms with Gasteiger partial charge in [-0.25, -0.2) is 0 Å². The maximum Gasteiger partial charge on any atom is 0.190 e. The summed E-state index contributed by atoms with van der Waals surface area (Å²) in [5.74, 6) is 4.07. The fourth-order valence-electron chi connectivity index (χ4n) is 2.30. The van der Waals surface area contributed by atoms with Crippen molar-refractivity contribution in [3.05, 3.63) is 48.3 Å². The molecule has 0 amide bonds. The van der Waals surface area contributed by atoms with E-state index >= 15 is 0 Å². The van der Waals surface area contributed by atoms with Crippen LogP contribution in [0.1, 0.15) is 12.0 Å². The van der Waals surface area contributed by atoms with E-state index in [4.69, 9.17) is 11.2 Å². The zero-order valence-corrected chi connectivity index (χ0v) is 17.3. The summed E-state index contributed by atoms with van der Waals surface area (Å²) >= 11 is 0. The largest absolute Gasteiger partial charge is 0.481 e. The highest BCUT2D eigenvalue weighted by molar-refractivity contribution is 14.0. The Hall–Kier alpha value is -2.21. The highest BCUT2D eigenvalue weighted by Crippen LogP contribution is 2.12. The monoisotopic (exact) mass is 467 g/mol. The fraction of sp³-hybridized carbons (Fsp3) is 0.368. The Labute approximate surface area is 172 Å². The van der Waals surface area contributed by atoms with E-state index < -0.39 is 0 Å². The van der Waals surface area contributed by atoms with Crippen molar-refractivity contribution < 1.29 is 4.74 Å². The molecule has 0 unspecified atom stereocenters. The number of aryl methyl sites for hydroxylation is 1. The third-order valence-corrected chi connectivity index (χ3v) is 3.59. The molecule has 0 atom stereocenters. The van der Waals surface area contributed by atoms with Crippen LogP contribution in [0.2, 0.25) is 0 Å². The third kappa shape index (κ3) is 8.25. The summed E-state index contributed by atoms with van der Waals surface area (Å²) in [6, 6.07) is 9.91. The Bertz CT molecular complexity index is 677. The quantitative estimate of drug-likeness (QED) is 0.195. The van der Waals surface area contributed by atoms with Crippen molar-refractivity contribution in [1.82, 2.24) is 20.4 Å². The minimum Gasteiger partial charge on any atom is -0.481 e. The zero-order chi connectivity index (χ0) is 17.7. The summed E-state index contributed by atoms with van der Waals surface area (Å²) in [7, 11) is 1.78. The van der Waals surface area contributed by atoms with Gasteiger partial charge in [-0.15, -0.1) is 30.4 Å². The van der Waals surface area contributed by atoms with Crippen LogP contribution in [0.5, 0.6) is 5.75 Å². The first-order valence-electron chi connectivity index (χ1n) is 8.39. The van der Waals surface area contributed by atoms with Crippen LogP contribution < -0.4 is 15.4 Å². The molecular formula is C19H26IN5O. The van der Waals surface area contributed by atoms with Gasteiger partial charge in [-0.2, -0.15) is 5.10 Å². The average Bonchev–Trinajstić information content (AvgIpc) is 3.16. The molecule has 26 heavy (non-hydrogen) atoms. The summed E-state index contributed by atoms with van der Waals surface area (Å²) in [4.78, 5) is 4.23. The van der Waals surface area contributed by atoms with Crippen molar-refractivity contribution >= 4 is 29.9 Å². The van der Waals surface area contributed by atoms with Gasteiger partial charge in [-0.1, -0.05) is 18.1 Å². The van der Waals surface area contributed by atoms with Crippen LogP contribution in [-0.2, 0) is 13.0 Å². The average molecular weight is 467 g/mol. The Morgan fingerprint density at radius 2 is 2.04 bits per heavy atom. The molecule has 0 spiro atoms. The third-order valence-electron chi connectivity index (χ3n) is 3.59. The van der Waals surface area contributed by atoms with Crippen molar-refractivity contribution in [3.63, 3.8) is 0 Å². The molecule has 1 heterocycles. The van der Waals surface area contributed by atoms with Gasteiger partial charge >= 0.3 is 0 Å². The van der Waals surface area contributed by atoms with Gasteiger partial charge < -0.3 is 15.4 Å². The van der Waals surface area contributed by atoms with Crippen LogP contribution in [0.3, 0.4) is 0 Å². The Kier molecular flexibility index (Phi) is 11.0. The molecule has 6 nitrogen and oxygen atoms in total. The van der Waals surface area contributed by atoms with E-state index in [2.05, 4.69) is 26.6 Å². The number of benzene rings is 1. The zero-order valence-electron chi connectivity index (χ0n) is 15.0. The minimum atomic E-state index is 0. The summed E-state index contributed by atoms with van der Waals surface area (Å²) in [5, 5.41) is 10.8. The van der Waals surface area contributed by atoms with Crippen LogP contribution in [0.4, 0.5) is 0 Å². The lowest BCUT2D eigenvalue weighted by molar-refractivity contribution is 0.370. The molecule has 2 N–H and O–H groups in total.